The van der Waals surface area contributed by atoms with E-state index in [1.165, 1.54) is 7.11 Å². The molecule has 0 aliphatic carbocycles. The average molecular weight is 418 g/mol. The standard InChI is InChI=1S/C23H31NO6/c1-15(2)13-29-21-8-7-18(12-22(21)28-6)23(26)30-14-20(25)19-11-16(3)24(17(19)4)9-10-27-5/h7-8,11-12,15H,9-10,13-14H2,1-6H3. The van der Waals surface area contributed by atoms with Crippen LogP contribution in [0.2, 0.25) is 0 Å². The van der Waals surface area contributed by atoms with Gasteiger partial charge in [0.1, 0.15) is 0 Å². The minimum Gasteiger partial charge on any atom is -0.493 e. The molecule has 0 spiro atoms. The van der Waals surface area contributed by atoms with Crippen molar-refractivity contribution in [2.24, 2.45) is 5.92 Å². The Hall–Kier alpha value is -2.80. The lowest BCUT2D eigenvalue weighted by Crippen LogP contribution is -2.15. The summed E-state index contributed by atoms with van der Waals surface area (Å²) in [7, 11) is 3.15. The van der Waals surface area contributed by atoms with Crippen molar-refractivity contribution in [2.75, 3.05) is 34.0 Å². The van der Waals surface area contributed by atoms with Crippen molar-refractivity contribution < 1.29 is 28.5 Å². The number of ether oxygens (including phenoxy) is 4. The van der Waals surface area contributed by atoms with Crippen molar-refractivity contribution >= 4 is 11.8 Å². The lowest BCUT2D eigenvalue weighted by atomic mass is 10.1. The van der Waals surface area contributed by atoms with Crippen molar-refractivity contribution in [3.05, 3.63) is 46.8 Å². The Bertz CT molecular complexity index is 884. The van der Waals surface area contributed by atoms with E-state index in [-0.39, 0.29) is 12.4 Å². The molecule has 0 unspecified atom stereocenters. The van der Waals surface area contributed by atoms with Gasteiger partial charge in [0, 0.05) is 30.6 Å². The van der Waals surface area contributed by atoms with Gasteiger partial charge in [-0.3, -0.25) is 4.79 Å². The van der Waals surface area contributed by atoms with Crippen LogP contribution in [-0.4, -0.2) is 50.4 Å². The maximum atomic E-state index is 12.6. The molecule has 164 valence electrons. The van der Waals surface area contributed by atoms with Crippen LogP contribution in [0.25, 0.3) is 0 Å². The molecule has 0 atom stereocenters. The van der Waals surface area contributed by atoms with E-state index in [0.717, 1.165) is 11.4 Å². The number of methoxy groups -OCH3 is 2. The molecule has 30 heavy (non-hydrogen) atoms. The van der Waals surface area contributed by atoms with Gasteiger partial charge in [-0.25, -0.2) is 4.79 Å². The fourth-order valence-corrected chi connectivity index (χ4v) is 3.07. The molecule has 2 rings (SSSR count). The largest absolute Gasteiger partial charge is 0.493 e. The van der Waals surface area contributed by atoms with Crippen LogP contribution in [0, 0.1) is 19.8 Å². The molecule has 0 aliphatic heterocycles. The predicted octanol–water partition coefficient (Wildman–Crippen LogP) is 3.83. The molecule has 1 aromatic carbocycles. The Balaban J connectivity index is 2.04. The number of nitrogens with zero attached hydrogens (tertiary/aromatic N) is 1. The topological polar surface area (TPSA) is 76.0 Å². The van der Waals surface area contributed by atoms with Crippen LogP contribution in [0.5, 0.6) is 11.5 Å². The molecule has 7 heteroatoms. The Morgan fingerprint density at radius 1 is 1.07 bits per heavy atom. The van der Waals surface area contributed by atoms with Gasteiger partial charge in [-0.15, -0.1) is 0 Å². The summed E-state index contributed by atoms with van der Waals surface area (Å²) < 4.78 is 23.4. The number of carbonyl (C=O) groups is 2. The highest BCUT2D eigenvalue weighted by atomic mass is 16.5. The summed E-state index contributed by atoms with van der Waals surface area (Å²) in [4.78, 5) is 25.0. The number of esters is 1. The van der Waals surface area contributed by atoms with Crippen molar-refractivity contribution in [3.63, 3.8) is 0 Å². The zero-order chi connectivity index (χ0) is 22.3. The molecule has 7 nitrogen and oxygen atoms in total. The molecule has 0 radical (unpaired) electrons. The van der Waals surface area contributed by atoms with E-state index in [9.17, 15) is 9.59 Å². The number of Topliss-reactive ketones (excluding diaryl/α,β-unsaturated/α-hetero) is 1. The summed E-state index contributed by atoms with van der Waals surface area (Å²) in [6, 6.07) is 6.63. The smallest absolute Gasteiger partial charge is 0.338 e. The third kappa shape index (κ3) is 5.86. The number of carbonyl (C=O) groups excluding carboxylic acids is 2. The second-order valence-electron chi connectivity index (χ2n) is 7.50. The number of hydrogen-bond donors (Lipinski definition) is 0. The maximum Gasteiger partial charge on any atom is 0.338 e. The van der Waals surface area contributed by atoms with Gasteiger partial charge in [0.2, 0.25) is 5.78 Å². The first-order valence-electron chi connectivity index (χ1n) is 9.95. The second-order valence-corrected chi connectivity index (χ2v) is 7.50. The number of aryl methyl sites for hydroxylation is 1. The van der Waals surface area contributed by atoms with Gasteiger partial charge in [-0.05, 0) is 44.0 Å². The van der Waals surface area contributed by atoms with Gasteiger partial charge in [0.05, 0.1) is 25.9 Å². The number of ketones is 1. The van der Waals surface area contributed by atoms with Gasteiger partial charge in [0.25, 0.3) is 0 Å². The van der Waals surface area contributed by atoms with Crippen molar-refractivity contribution in [2.45, 2.75) is 34.2 Å². The number of benzene rings is 1. The Kier molecular flexibility index (Phi) is 8.47. The Morgan fingerprint density at radius 3 is 2.43 bits per heavy atom. The van der Waals surface area contributed by atoms with Crippen LogP contribution in [0.4, 0.5) is 0 Å². The van der Waals surface area contributed by atoms with Gasteiger partial charge >= 0.3 is 5.97 Å². The summed E-state index contributed by atoms with van der Waals surface area (Å²) in [5.74, 6) is 0.525. The van der Waals surface area contributed by atoms with Gasteiger partial charge in [0.15, 0.2) is 18.1 Å². The first-order chi connectivity index (χ1) is 14.3. The lowest BCUT2D eigenvalue weighted by Gasteiger charge is -2.13. The number of hydrogen-bond acceptors (Lipinski definition) is 6. The van der Waals surface area contributed by atoms with Crippen molar-refractivity contribution in [1.29, 1.82) is 0 Å². The summed E-state index contributed by atoms with van der Waals surface area (Å²) in [5, 5.41) is 0. The van der Waals surface area contributed by atoms with Crippen LogP contribution in [-0.2, 0) is 16.0 Å². The maximum absolute atomic E-state index is 12.6. The van der Waals surface area contributed by atoms with E-state index in [1.54, 1.807) is 25.3 Å². The first kappa shape index (κ1) is 23.5. The molecule has 0 fully saturated rings. The van der Waals surface area contributed by atoms with Gasteiger partial charge in [-0.2, -0.15) is 0 Å². The fraction of sp³-hybridized carbons (Fsp3) is 0.478. The highest BCUT2D eigenvalue weighted by Gasteiger charge is 2.19. The molecule has 0 saturated carbocycles. The monoisotopic (exact) mass is 417 g/mol. The van der Waals surface area contributed by atoms with E-state index >= 15 is 0 Å². The van der Waals surface area contributed by atoms with E-state index in [2.05, 4.69) is 0 Å². The van der Waals surface area contributed by atoms with Crippen molar-refractivity contribution in [3.8, 4) is 11.5 Å². The van der Waals surface area contributed by atoms with Crippen LogP contribution >= 0.6 is 0 Å². The molecule has 0 N–H and O–H groups in total. The van der Waals surface area contributed by atoms with E-state index in [1.807, 2.05) is 38.3 Å². The second kappa shape index (κ2) is 10.8. The summed E-state index contributed by atoms with van der Waals surface area (Å²) in [6.45, 7) is 9.32. The first-order valence-corrected chi connectivity index (χ1v) is 9.95. The summed E-state index contributed by atoms with van der Waals surface area (Å²) in [6.07, 6.45) is 0. The van der Waals surface area contributed by atoms with Crippen LogP contribution in [0.1, 0.15) is 46.0 Å². The molecule has 0 saturated heterocycles. The van der Waals surface area contributed by atoms with E-state index in [4.69, 9.17) is 18.9 Å². The van der Waals surface area contributed by atoms with Crippen molar-refractivity contribution in [1.82, 2.24) is 4.57 Å². The summed E-state index contributed by atoms with van der Waals surface area (Å²) in [5.41, 5.74) is 2.63. The number of aromatic nitrogens is 1. The summed E-state index contributed by atoms with van der Waals surface area (Å²) >= 11 is 0. The molecule has 0 amide bonds. The molecule has 2 aromatic rings. The SMILES string of the molecule is COCCn1c(C)cc(C(=O)COC(=O)c2ccc(OCC(C)C)c(OC)c2)c1C. The minimum atomic E-state index is -0.592. The average Bonchev–Trinajstić information content (AvgIpc) is 3.01. The third-order valence-electron chi connectivity index (χ3n) is 4.70. The molecule has 0 bridgehead atoms. The molecule has 0 aliphatic rings. The molecule has 1 heterocycles. The highest BCUT2D eigenvalue weighted by Crippen LogP contribution is 2.29. The zero-order valence-electron chi connectivity index (χ0n) is 18.6. The van der Waals surface area contributed by atoms with Gasteiger partial charge in [-0.1, -0.05) is 13.8 Å². The molecular formula is C23H31NO6. The van der Waals surface area contributed by atoms with Crippen LogP contribution < -0.4 is 9.47 Å². The van der Waals surface area contributed by atoms with Gasteiger partial charge < -0.3 is 23.5 Å². The Labute approximate surface area is 177 Å². The third-order valence-corrected chi connectivity index (χ3v) is 4.70. The van der Waals surface area contributed by atoms with Crippen LogP contribution in [0.15, 0.2) is 24.3 Å². The number of rotatable bonds is 11. The normalized spacial score (nSPS) is 10.9. The van der Waals surface area contributed by atoms with E-state index in [0.29, 0.717) is 48.3 Å². The highest BCUT2D eigenvalue weighted by molar-refractivity contribution is 6.00. The quantitative estimate of drug-likeness (QED) is 0.409. The molecule has 1 aromatic heterocycles. The molecular weight excluding hydrogens is 386 g/mol. The van der Waals surface area contributed by atoms with E-state index < -0.39 is 5.97 Å². The Morgan fingerprint density at radius 2 is 1.80 bits per heavy atom. The fourth-order valence-electron chi connectivity index (χ4n) is 3.07. The minimum absolute atomic E-state index is 0.246. The van der Waals surface area contributed by atoms with Crippen LogP contribution in [0.3, 0.4) is 0 Å². The zero-order valence-corrected chi connectivity index (χ0v) is 18.6. The predicted molar refractivity (Wildman–Crippen MR) is 114 cm³/mol. The lowest BCUT2D eigenvalue weighted by molar-refractivity contribution is 0.0474.